The molecular formula is C25H19F4N5O2. The second kappa shape index (κ2) is 9.40. The molecule has 4 aromatic rings. The van der Waals surface area contributed by atoms with Crippen molar-refractivity contribution < 1.29 is 27.1 Å². The molecule has 1 amide bonds. The van der Waals surface area contributed by atoms with E-state index in [1.54, 1.807) is 48.8 Å². The lowest BCUT2D eigenvalue weighted by Crippen LogP contribution is -2.39. The van der Waals surface area contributed by atoms with Crippen LogP contribution in [0.3, 0.4) is 0 Å². The summed E-state index contributed by atoms with van der Waals surface area (Å²) >= 11 is 0. The monoisotopic (exact) mass is 497 g/mol. The number of hydrogen-bond donors (Lipinski definition) is 1. The minimum atomic E-state index is -4.80. The third-order valence-electron chi connectivity index (χ3n) is 5.95. The number of aromatic nitrogens is 4. The van der Waals surface area contributed by atoms with Gasteiger partial charge >= 0.3 is 6.18 Å². The Bertz CT molecular complexity index is 1370. The smallest absolute Gasteiger partial charge is 0.411 e. The zero-order valence-electron chi connectivity index (χ0n) is 18.6. The van der Waals surface area contributed by atoms with Crippen LogP contribution in [0.25, 0.3) is 11.3 Å². The van der Waals surface area contributed by atoms with Crippen molar-refractivity contribution in [3.63, 3.8) is 0 Å². The Kier molecular flexibility index (Phi) is 6.13. The molecule has 2 unspecified atom stereocenters. The average molecular weight is 497 g/mol. The Morgan fingerprint density at radius 1 is 1.06 bits per heavy atom. The summed E-state index contributed by atoms with van der Waals surface area (Å²) in [6.07, 6.45) is -0.724. The average Bonchev–Trinajstić information content (AvgIpc) is 3.25. The Morgan fingerprint density at radius 3 is 2.58 bits per heavy atom. The van der Waals surface area contributed by atoms with E-state index in [-0.39, 0.29) is 29.8 Å². The van der Waals surface area contributed by atoms with Crippen molar-refractivity contribution in [2.24, 2.45) is 5.92 Å². The van der Waals surface area contributed by atoms with E-state index in [2.05, 4.69) is 20.6 Å². The molecule has 1 N–H and O–H groups in total. The lowest BCUT2D eigenvalue weighted by molar-refractivity contribution is -0.186. The first kappa shape index (κ1) is 23.5. The van der Waals surface area contributed by atoms with Gasteiger partial charge in [-0.3, -0.25) is 9.78 Å². The number of carbonyl (C=O) groups is 1. The molecule has 0 saturated carbocycles. The van der Waals surface area contributed by atoms with Gasteiger partial charge in [0.05, 0.1) is 18.3 Å². The van der Waals surface area contributed by atoms with Crippen LogP contribution in [-0.4, -0.2) is 32.1 Å². The molecule has 5 rings (SSSR count). The molecule has 0 aliphatic carbocycles. The number of alkyl halides is 3. The number of anilines is 1. The summed E-state index contributed by atoms with van der Waals surface area (Å²) in [7, 11) is 0. The van der Waals surface area contributed by atoms with Gasteiger partial charge in [-0.1, -0.05) is 11.3 Å². The first-order valence-electron chi connectivity index (χ1n) is 11.0. The molecule has 184 valence electrons. The third-order valence-corrected chi connectivity index (χ3v) is 5.95. The molecule has 3 heterocycles. The number of ether oxygens (including phenoxy) is 1. The van der Waals surface area contributed by atoms with E-state index >= 15 is 0 Å². The number of pyridine rings is 1. The molecule has 2 aromatic carbocycles. The van der Waals surface area contributed by atoms with Gasteiger partial charge in [0.15, 0.2) is 6.04 Å². The van der Waals surface area contributed by atoms with Crippen molar-refractivity contribution in [2.75, 3.05) is 5.32 Å². The van der Waals surface area contributed by atoms with Gasteiger partial charge in [0.25, 0.3) is 0 Å². The minimum Gasteiger partial charge on any atom is -0.456 e. The van der Waals surface area contributed by atoms with Crippen LogP contribution in [0.2, 0.25) is 0 Å². The highest BCUT2D eigenvalue weighted by atomic mass is 19.4. The van der Waals surface area contributed by atoms with Gasteiger partial charge in [-0.05, 0) is 61.4 Å². The number of hydrogen-bond acceptors (Lipinski definition) is 5. The number of halogens is 4. The molecule has 0 fully saturated rings. The molecule has 0 saturated heterocycles. The number of benzene rings is 2. The lowest BCUT2D eigenvalue weighted by Gasteiger charge is -2.26. The first-order valence-corrected chi connectivity index (χ1v) is 11.0. The standard InChI is InChI=1S/C25H19F4N5O2/c26-20-4-1-5-21-18(20)10-11-19(24(35)31-21)23(25(27,28)29)34-14-22(32-33-34)15-6-8-16(9-7-15)36-17-3-2-12-30-13-17/h1-9,12-14,19,23H,10-11H2,(H,31,35). The summed E-state index contributed by atoms with van der Waals surface area (Å²) < 4.78 is 63.2. The molecule has 11 heteroatoms. The van der Waals surface area contributed by atoms with Crippen LogP contribution in [0.4, 0.5) is 23.2 Å². The molecular weight excluding hydrogens is 478 g/mol. The summed E-state index contributed by atoms with van der Waals surface area (Å²) in [4.78, 5) is 16.8. The van der Waals surface area contributed by atoms with Crippen LogP contribution in [0.5, 0.6) is 11.5 Å². The van der Waals surface area contributed by atoms with Gasteiger partial charge in [-0.2, -0.15) is 13.2 Å². The second-order valence-corrected chi connectivity index (χ2v) is 8.29. The maximum atomic E-state index is 14.2. The van der Waals surface area contributed by atoms with Crippen LogP contribution >= 0.6 is 0 Å². The van der Waals surface area contributed by atoms with E-state index in [1.165, 1.54) is 18.2 Å². The second-order valence-electron chi connectivity index (χ2n) is 8.29. The molecule has 1 aliphatic heterocycles. The van der Waals surface area contributed by atoms with Crippen molar-refractivity contribution in [3.05, 3.63) is 84.6 Å². The maximum absolute atomic E-state index is 14.2. The van der Waals surface area contributed by atoms with Crippen LogP contribution in [0.1, 0.15) is 18.0 Å². The van der Waals surface area contributed by atoms with Crippen LogP contribution in [-0.2, 0) is 11.2 Å². The van der Waals surface area contributed by atoms with E-state index in [1.807, 2.05) is 0 Å². The van der Waals surface area contributed by atoms with E-state index < -0.39 is 29.9 Å². The Morgan fingerprint density at radius 2 is 1.86 bits per heavy atom. The number of rotatable bonds is 5. The number of amides is 1. The van der Waals surface area contributed by atoms with E-state index in [0.717, 1.165) is 6.20 Å². The van der Waals surface area contributed by atoms with Gasteiger partial charge in [0.1, 0.15) is 23.0 Å². The summed E-state index contributed by atoms with van der Waals surface area (Å²) in [5, 5.41) is 10.1. The number of nitrogens with one attached hydrogen (secondary N) is 1. The van der Waals surface area contributed by atoms with Gasteiger partial charge in [-0.25, -0.2) is 9.07 Å². The molecule has 0 bridgehead atoms. The Balaban J connectivity index is 1.39. The van der Waals surface area contributed by atoms with Crippen LogP contribution in [0, 0.1) is 11.7 Å². The normalized spacial score (nSPS) is 16.6. The summed E-state index contributed by atoms with van der Waals surface area (Å²) in [6.45, 7) is 0. The maximum Gasteiger partial charge on any atom is 0.411 e. The Hall–Kier alpha value is -4.28. The predicted octanol–water partition coefficient (Wildman–Crippen LogP) is 5.58. The van der Waals surface area contributed by atoms with Crippen molar-refractivity contribution >= 4 is 11.6 Å². The fraction of sp³-hybridized carbons (Fsp3) is 0.200. The zero-order valence-corrected chi connectivity index (χ0v) is 18.6. The van der Waals surface area contributed by atoms with E-state index in [4.69, 9.17) is 4.74 Å². The molecule has 36 heavy (non-hydrogen) atoms. The number of carbonyl (C=O) groups excluding carboxylic acids is 1. The quantitative estimate of drug-likeness (QED) is 0.364. The first-order chi connectivity index (χ1) is 17.3. The molecule has 0 radical (unpaired) electrons. The largest absolute Gasteiger partial charge is 0.456 e. The highest BCUT2D eigenvalue weighted by Crippen LogP contribution is 2.41. The summed E-state index contributed by atoms with van der Waals surface area (Å²) in [5.74, 6) is -1.91. The predicted molar refractivity (Wildman–Crippen MR) is 122 cm³/mol. The highest BCUT2D eigenvalue weighted by Gasteiger charge is 2.50. The molecule has 2 atom stereocenters. The molecule has 2 aromatic heterocycles. The van der Waals surface area contributed by atoms with Crippen molar-refractivity contribution in [3.8, 4) is 22.8 Å². The van der Waals surface area contributed by atoms with Crippen LogP contribution in [0.15, 0.2) is 73.2 Å². The van der Waals surface area contributed by atoms with Gasteiger partial charge in [0.2, 0.25) is 5.91 Å². The van der Waals surface area contributed by atoms with Gasteiger partial charge in [0, 0.05) is 23.0 Å². The van der Waals surface area contributed by atoms with E-state index in [9.17, 15) is 22.4 Å². The third kappa shape index (κ3) is 4.77. The number of fused-ring (bicyclic) bond motifs is 1. The lowest BCUT2D eigenvalue weighted by atomic mass is 9.92. The summed E-state index contributed by atoms with van der Waals surface area (Å²) in [5.41, 5.74) is 1.07. The SMILES string of the molecule is O=C1Nc2cccc(F)c2CCC1C(n1cc(-c2ccc(Oc3cccnc3)cc2)nn1)C(F)(F)F. The molecule has 7 nitrogen and oxygen atoms in total. The van der Waals surface area contributed by atoms with Crippen molar-refractivity contribution in [1.29, 1.82) is 0 Å². The van der Waals surface area contributed by atoms with Crippen molar-refractivity contribution in [1.82, 2.24) is 20.0 Å². The van der Waals surface area contributed by atoms with Crippen LogP contribution < -0.4 is 10.1 Å². The van der Waals surface area contributed by atoms with Gasteiger partial charge in [-0.15, -0.1) is 5.10 Å². The van der Waals surface area contributed by atoms with Crippen molar-refractivity contribution in [2.45, 2.75) is 25.1 Å². The fourth-order valence-electron chi connectivity index (χ4n) is 4.23. The van der Waals surface area contributed by atoms with Gasteiger partial charge < -0.3 is 10.1 Å². The fourth-order valence-corrected chi connectivity index (χ4v) is 4.23. The summed E-state index contributed by atoms with van der Waals surface area (Å²) in [6, 6.07) is 11.8. The molecule has 1 aliphatic rings. The molecule has 0 spiro atoms. The zero-order chi connectivity index (χ0) is 25.3. The van der Waals surface area contributed by atoms with E-state index in [0.29, 0.717) is 21.7 Å². The number of nitrogens with zero attached hydrogens (tertiary/aromatic N) is 4. The highest BCUT2D eigenvalue weighted by molar-refractivity contribution is 5.94. The Labute approximate surface area is 202 Å². The minimum absolute atomic E-state index is 0.0298. The topological polar surface area (TPSA) is 81.9 Å².